The van der Waals surface area contributed by atoms with Crippen molar-refractivity contribution in [1.29, 1.82) is 0 Å². The highest BCUT2D eigenvalue weighted by atomic mass is 16.2. The van der Waals surface area contributed by atoms with Crippen molar-refractivity contribution < 1.29 is 14.4 Å². The number of hydrogen-bond donors (Lipinski definition) is 1. The number of urea groups is 1. The second-order valence-electron chi connectivity index (χ2n) is 10.0. The Morgan fingerprint density at radius 3 is 2.50 bits per heavy atom. The van der Waals surface area contributed by atoms with Crippen molar-refractivity contribution in [3.8, 4) is 0 Å². The highest BCUT2D eigenvalue weighted by Crippen LogP contribution is 2.34. The van der Waals surface area contributed by atoms with Crippen LogP contribution in [0, 0.1) is 5.41 Å². The Morgan fingerprint density at radius 2 is 1.84 bits per heavy atom. The van der Waals surface area contributed by atoms with E-state index >= 15 is 0 Å². The zero-order valence-electron chi connectivity index (χ0n) is 18.9. The smallest absolute Gasteiger partial charge is 0.315 e. The number of nitrogens with one attached hydrogen (secondary N) is 1. The van der Waals surface area contributed by atoms with Crippen LogP contribution in [0.4, 0.5) is 16.3 Å². The van der Waals surface area contributed by atoms with Crippen LogP contribution in [0.25, 0.3) is 0 Å². The van der Waals surface area contributed by atoms with Crippen molar-refractivity contribution in [3.05, 3.63) is 52.1 Å². The first-order valence-electron chi connectivity index (χ1n) is 10.5. The number of carbonyl (C=O) groups is 3. The van der Waals surface area contributed by atoms with Gasteiger partial charge in [-0.1, -0.05) is 20.8 Å². The summed E-state index contributed by atoms with van der Waals surface area (Å²) in [6, 6.07) is 4.20. The second kappa shape index (κ2) is 7.29. The van der Waals surface area contributed by atoms with Crippen molar-refractivity contribution in [3.63, 3.8) is 0 Å². The van der Waals surface area contributed by atoms with E-state index in [1.165, 1.54) is 11.0 Å². The number of nitrogens with zero attached hydrogens (tertiary/aromatic N) is 4. The number of aromatic nitrogens is 2. The van der Waals surface area contributed by atoms with Gasteiger partial charge >= 0.3 is 6.03 Å². The average molecular weight is 438 g/mol. The van der Waals surface area contributed by atoms with E-state index in [4.69, 9.17) is 0 Å². The van der Waals surface area contributed by atoms with E-state index in [9.17, 15) is 19.2 Å². The molecule has 0 atom stereocenters. The molecule has 4 rings (SSSR count). The van der Waals surface area contributed by atoms with Gasteiger partial charge in [0.2, 0.25) is 5.91 Å². The molecule has 9 nitrogen and oxygen atoms in total. The quantitative estimate of drug-likeness (QED) is 0.740. The molecular weight excluding hydrogens is 410 g/mol. The molecule has 0 bridgehead atoms. The zero-order valence-corrected chi connectivity index (χ0v) is 18.9. The second-order valence-corrected chi connectivity index (χ2v) is 10.0. The van der Waals surface area contributed by atoms with E-state index in [0.29, 0.717) is 12.4 Å². The van der Waals surface area contributed by atoms with Gasteiger partial charge in [-0.15, -0.1) is 0 Å². The molecule has 168 valence electrons. The molecule has 0 spiro atoms. The van der Waals surface area contributed by atoms with Gasteiger partial charge in [0.25, 0.3) is 11.5 Å². The third-order valence-corrected chi connectivity index (χ3v) is 5.78. The molecule has 1 fully saturated rings. The monoisotopic (exact) mass is 437 g/mol. The maximum atomic E-state index is 13.3. The summed E-state index contributed by atoms with van der Waals surface area (Å²) in [5, 5.41) is 2.70. The molecule has 2 aromatic heterocycles. The molecule has 2 aliphatic rings. The number of amides is 4. The Hall–Kier alpha value is -3.49. The summed E-state index contributed by atoms with van der Waals surface area (Å²) in [6.45, 7) is 10.1. The summed E-state index contributed by atoms with van der Waals surface area (Å²) in [5.41, 5.74) is 0.253. The van der Waals surface area contributed by atoms with Crippen LogP contribution in [0.1, 0.15) is 45.7 Å². The minimum atomic E-state index is -1.12. The van der Waals surface area contributed by atoms with Crippen molar-refractivity contribution in [2.45, 2.75) is 59.7 Å². The van der Waals surface area contributed by atoms with Crippen LogP contribution in [0.15, 0.2) is 35.4 Å². The van der Waals surface area contributed by atoms with Gasteiger partial charge in [0, 0.05) is 37.1 Å². The summed E-state index contributed by atoms with van der Waals surface area (Å²) in [5.74, 6) is -0.0709. The molecule has 0 unspecified atom stereocenters. The number of carbonyl (C=O) groups excluding carboxylic acids is 3. The van der Waals surface area contributed by atoms with Crippen molar-refractivity contribution in [2.75, 3.05) is 10.2 Å². The fourth-order valence-corrected chi connectivity index (χ4v) is 4.10. The molecule has 2 aromatic rings. The molecule has 2 aliphatic heterocycles. The molecule has 1 N–H and O–H groups in total. The van der Waals surface area contributed by atoms with Crippen LogP contribution < -0.4 is 15.8 Å². The standard InChI is InChI=1S/C23H27N5O4/c1-22(2,3)13-26-9-7-15(10-18(26)30)28-20(31)23(4,5)27(21(28)32)12-14-6-8-24-19-16(14)11-17(29)25-19/h6-10H,11-13H2,1-5H3,(H,24,25,29). The number of rotatable bonds is 4. The van der Waals surface area contributed by atoms with Gasteiger partial charge in [-0.2, -0.15) is 0 Å². The zero-order chi connectivity index (χ0) is 23.4. The molecule has 0 radical (unpaired) electrons. The van der Waals surface area contributed by atoms with Crippen LogP contribution in [0.5, 0.6) is 0 Å². The lowest BCUT2D eigenvalue weighted by atomic mass is 9.97. The first-order chi connectivity index (χ1) is 14.9. The summed E-state index contributed by atoms with van der Waals surface area (Å²) in [4.78, 5) is 57.7. The summed E-state index contributed by atoms with van der Waals surface area (Å²) < 4.78 is 1.57. The third-order valence-electron chi connectivity index (χ3n) is 5.78. The lowest BCUT2D eigenvalue weighted by Gasteiger charge is -2.28. The number of fused-ring (bicyclic) bond motifs is 1. The van der Waals surface area contributed by atoms with E-state index < -0.39 is 17.5 Å². The van der Waals surface area contributed by atoms with Gasteiger partial charge in [-0.25, -0.2) is 14.7 Å². The number of pyridine rings is 2. The Morgan fingerprint density at radius 1 is 1.12 bits per heavy atom. The Balaban J connectivity index is 1.65. The number of imide groups is 1. The van der Waals surface area contributed by atoms with Gasteiger partial charge in [-0.05, 0) is 37.0 Å². The van der Waals surface area contributed by atoms with Crippen LogP contribution in [-0.4, -0.2) is 37.8 Å². The molecule has 0 saturated carbocycles. The molecule has 9 heteroatoms. The Labute approximate surface area is 186 Å². The van der Waals surface area contributed by atoms with Crippen LogP contribution in [-0.2, 0) is 29.1 Å². The topological polar surface area (TPSA) is 105 Å². The fraction of sp³-hybridized carbons (Fsp3) is 0.435. The molecule has 0 aliphatic carbocycles. The lowest BCUT2D eigenvalue weighted by Crippen LogP contribution is -2.43. The average Bonchev–Trinajstić information content (AvgIpc) is 3.14. The van der Waals surface area contributed by atoms with E-state index in [0.717, 1.165) is 16.0 Å². The molecule has 1 saturated heterocycles. The Kier molecular flexibility index (Phi) is 4.95. The van der Waals surface area contributed by atoms with Crippen molar-refractivity contribution in [1.82, 2.24) is 14.5 Å². The summed E-state index contributed by atoms with van der Waals surface area (Å²) >= 11 is 0. The molecular formula is C23H27N5O4. The summed E-state index contributed by atoms with van der Waals surface area (Å²) in [6.07, 6.45) is 3.37. The van der Waals surface area contributed by atoms with Gasteiger partial charge in [-0.3, -0.25) is 14.4 Å². The largest absolute Gasteiger partial charge is 0.332 e. The molecule has 32 heavy (non-hydrogen) atoms. The van der Waals surface area contributed by atoms with Gasteiger partial charge in [0.05, 0.1) is 12.1 Å². The number of hydrogen-bond acceptors (Lipinski definition) is 5. The number of anilines is 2. The van der Waals surface area contributed by atoms with E-state index in [1.807, 2.05) is 20.8 Å². The maximum Gasteiger partial charge on any atom is 0.332 e. The van der Waals surface area contributed by atoms with Gasteiger partial charge in [0.1, 0.15) is 11.4 Å². The highest BCUT2D eigenvalue weighted by molar-refractivity contribution is 6.22. The van der Waals surface area contributed by atoms with E-state index in [-0.39, 0.29) is 35.5 Å². The minimum Gasteiger partial charge on any atom is -0.315 e. The molecule has 4 amide bonds. The predicted molar refractivity (Wildman–Crippen MR) is 119 cm³/mol. The van der Waals surface area contributed by atoms with Crippen LogP contribution in [0.2, 0.25) is 0 Å². The van der Waals surface area contributed by atoms with E-state index in [1.54, 1.807) is 42.9 Å². The highest BCUT2D eigenvalue weighted by Gasteiger charge is 2.52. The fourth-order valence-electron chi connectivity index (χ4n) is 4.10. The normalized spacial score (nSPS) is 17.7. The van der Waals surface area contributed by atoms with Crippen molar-refractivity contribution >= 4 is 29.4 Å². The first kappa shape index (κ1) is 21.7. The van der Waals surface area contributed by atoms with Gasteiger partial charge in [0.15, 0.2) is 0 Å². The molecule has 4 heterocycles. The summed E-state index contributed by atoms with van der Waals surface area (Å²) in [7, 11) is 0. The first-order valence-corrected chi connectivity index (χ1v) is 10.5. The molecule has 0 aromatic carbocycles. The van der Waals surface area contributed by atoms with Crippen LogP contribution in [0.3, 0.4) is 0 Å². The van der Waals surface area contributed by atoms with Crippen LogP contribution >= 0.6 is 0 Å². The maximum absolute atomic E-state index is 13.3. The minimum absolute atomic E-state index is 0.0928. The van der Waals surface area contributed by atoms with Crippen molar-refractivity contribution in [2.24, 2.45) is 5.41 Å². The SMILES string of the molecule is CC(C)(C)Cn1ccc(N2C(=O)N(Cc3ccnc4c3CC(=O)N4)C(C)(C)C2=O)cc1=O. The lowest BCUT2D eigenvalue weighted by molar-refractivity contribution is -0.123. The predicted octanol–water partition coefficient (Wildman–Crippen LogP) is 2.53. The Bertz CT molecular complexity index is 1190. The van der Waals surface area contributed by atoms with Gasteiger partial charge < -0.3 is 14.8 Å². The van der Waals surface area contributed by atoms with E-state index in [2.05, 4.69) is 10.3 Å². The third kappa shape index (κ3) is 3.68.